The lowest BCUT2D eigenvalue weighted by Gasteiger charge is -2.22. The van der Waals surface area contributed by atoms with Crippen molar-refractivity contribution in [1.29, 1.82) is 0 Å². The summed E-state index contributed by atoms with van der Waals surface area (Å²) in [5.74, 6) is -0.208. The maximum atomic E-state index is 12.6. The first-order valence-corrected chi connectivity index (χ1v) is 10.1. The molecule has 0 aliphatic carbocycles. The van der Waals surface area contributed by atoms with Crippen LogP contribution in [0, 0.1) is 13.8 Å². The number of amides is 1. The van der Waals surface area contributed by atoms with Crippen LogP contribution >= 0.6 is 24.8 Å². The third kappa shape index (κ3) is 5.64. The van der Waals surface area contributed by atoms with Gasteiger partial charge in [0.05, 0.1) is 29.7 Å². The quantitative estimate of drug-likeness (QED) is 0.602. The second-order valence-corrected chi connectivity index (χ2v) is 7.69. The first-order valence-electron chi connectivity index (χ1n) is 10.1. The predicted octanol–water partition coefficient (Wildman–Crippen LogP) is 3.34. The SMILES string of the molecule is Cc1cc(C)n(-c2ccc(C(C)NC(=O)c3cn(C4CCNCC4)nn3)cc2)n1.Cl.Cl. The highest BCUT2D eigenvalue weighted by Crippen LogP contribution is 2.19. The highest BCUT2D eigenvalue weighted by Gasteiger charge is 2.20. The number of aromatic nitrogens is 5. The number of hydrogen-bond donors (Lipinski definition) is 2. The molecule has 0 radical (unpaired) electrons. The molecule has 1 saturated heterocycles. The molecule has 3 aromatic rings. The average molecular weight is 466 g/mol. The van der Waals surface area contributed by atoms with Gasteiger partial charge < -0.3 is 10.6 Å². The molecule has 1 fully saturated rings. The second-order valence-electron chi connectivity index (χ2n) is 7.69. The van der Waals surface area contributed by atoms with E-state index in [1.54, 1.807) is 6.20 Å². The van der Waals surface area contributed by atoms with E-state index in [9.17, 15) is 4.79 Å². The molecule has 3 heterocycles. The fourth-order valence-electron chi connectivity index (χ4n) is 3.78. The van der Waals surface area contributed by atoms with Crippen molar-refractivity contribution < 1.29 is 4.79 Å². The van der Waals surface area contributed by atoms with Crippen molar-refractivity contribution in [2.45, 2.75) is 45.7 Å². The fraction of sp³-hybridized carbons (Fsp3) is 0.429. The van der Waals surface area contributed by atoms with E-state index in [1.165, 1.54) is 0 Å². The predicted molar refractivity (Wildman–Crippen MR) is 125 cm³/mol. The average Bonchev–Trinajstić information content (AvgIpc) is 3.35. The van der Waals surface area contributed by atoms with E-state index in [0.29, 0.717) is 11.7 Å². The lowest BCUT2D eigenvalue weighted by atomic mass is 10.1. The van der Waals surface area contributed by atoms with Gasteiger partial charge in [-0.1, -0.05) is 17.3 Å². The molecule has 168 valence electrons. The summed E-state index contributed by atoms with van der Waals surface area (Å²) in [5.41, 5.74) is 4.46. The molecule has 2 N–H and O–H groups in total. The molecule has 10 heteroatoms. The van der Waals surface area contributed by atoms with E-state index in [4.69, 9.17) is 0 Å². The van der Waals surface area contributed by atoms with Crippen LogP contribution in [0.15, 0.2) is 36.5 Å². The summed E-state index contributed by atoms with van der Waals surface area (Å²) < 4.78 is 3.74. The normalized spacial score (nSPS) is 14.9. The van der Waals surface area contributed by atoms with Gasteiger partial charge in [-0.2, -0.15) is 5.10 Å². The third-order valence-corrected chi connectivity index (χ3v) is 5.42. The standard InChI is InChI=1S/C21H27N7O.2ClH/c1-14-12-15(2)28(25-14)19-6-4-17(5-7-19)16(3)23-21(29)20-13-27(26-24-20)18-8-10-22-11-9-18;;/h4-7,12-13,16,18,22H,8-11H2,1-3H3,(H,23,29);2*1H. The van der Waals surface area contributed by atoms with Gasteiger partial charge in [0.1, 0.15) is 0 Å². The van der Waals surface area contributed by atoms with Crippen molar-refractivity contribution in [3.05, 3.63) is 59.2 Å². The Kier molecular flexibility index (Phi) is 8.61. The van der Waals surface area contributed by atoms with Crippen LogP contribution in [0.3, 0.4) is 0 Å². The molecule has 1 unspecified atom stereocenters. The van der Waals surface area contributed by atoms with Gasteiger partial charge in [0, 0.05) is 5.69 Å². The molecule has 1 aromatic carbocycles. The topological polar surface area (TPSA) is 89.7 Å². The number of piperidine rings is 1. The van der Waals surface area contributed by atoms with Gasteiger partial charge in [-0.15, -0.1) is 29.9 Å². The van der Waals surface area contributed by atoms with Gasteiger partial charge >= 0.3 is 0 Å². The van der Waals surface area contributed by atoms with Crippen molar-refractivity contribution in [2.24, 2.45) is 0 Å². The number of carbonyl (C=O) groups excluding carboxylic acids is 1. The number of halogens is 2. The van der Waals surface area contributed by atoms with Gasteiger partial charge in [-0.25, -0.2) is 9.36 Å². The van der Waals surface area contributed by atoms with Crippen molar-refractivity contribution in [3.63, 3.8) is 0 Å². The molecule has 0 bridgehead atoms. The van der Waals surface area contributed by atoms with Gasteiger partial charge in [0.15, 0.2) is 5.69 Å². The maximum Gasteiger partial charge on any atom is 0.273 e. The van der Waals surface area contributed by atoms with Crippen LogP contribution in [0.5, 0.6) is 0 Å². The van der Waals surface area contributed by atoms with Crippen molar-refractivity contribution in [1.82, 2.24) is 35.4 Å². The Labute approximate surface area is 194 Å². The first-order chi connectivity index (χ1) is 14.0. The van der Waals surface area contributed by atoms with E-state index < -0.39 is 0 Å². The van der Waals surface area contributed by atoms with Crippen LogP contribution in [0.25, 0.3) is 5.69 Å². The van der Waals surface area contributed by atoms with E-state index in [1.807, 2.05) is 60.5 Å². The summed E-state index contributed by atoms with van der Waals surface area (Å²) in [6, 6.07) is 10.3. The highest BCUT2D eigenvalue weighted by molar-refractivity contribution is 5.92. The molecule has 0 saturated carbocycles. The minimum absolute atomic E-state index is 0. The molecule has 1 atom stereocenters. The Morgan fingerprint density at radius 1 is 1.16 bits per heavy atom. The zero-order valence-electron chi connectivity index (χ0n) is 17.9. The number of carbonyl (C=O) groups is 1. The molecule has 1 aliphatic rings. The Morgan fingerprint density at radius 2 is 1.84 bits per heavy atom. The number of benzene rings is 1. The fourth-order valence-corrected chi connectivity index (χ4v) is 3.78. The van der Waals surface area contributed by atoms with Crippen LogP contribution in [0.2, 0.25) is 0 Å². The molecule has 4 rings (SSSR count). The molecule has 1 aliphatic heterocycles. The summed E-state index contributed by atoms with van der Waals surface area (Å²) in [5, 5.41) is 19.1. The van der Waals surface area contributed by atoms with Crippen LogP contribution in [-0.2, 0) is 0 Å². The van der Waals surface area contributed by atoms with Crippen molar-refractivity contribution in [3.8, 4) is 5.69 Å². The van der Waals surface area contributed by atoms with Gasteiger partial charge in [-0.05, 0) is 70.5 Å². The number of hydrogen-bond acceptors (Lipinski definition) is 5. The summed E-state index contributed by atoms with van der Waals surface area (Å²) in [4.78, 5) is 12.6. The maximum absolute atomic E-state index is 12.6. The van der Waals surface area contributed by atoms with Crippen LogP contribution in [0.1, 0.15) is 59.3 Å². The van der Waals surface area contributed by atoms with Crippen LogP contribution in [0.4, 0.5) is 0 Å². The minimum atomic E-state index is -0.208. The third-order valence-electron chi connectivity index (χ3n) is 5.42. The molecule has 31 heavy (non-hydrogen) atoms. The zero-order chi connectivity index (χ0) is 20.4. The van der Waals surface area contributed by atoms with E-state index in [-0.39, 0.29) is 36.8 Å². The smallest absolute Gasteiger partial charge is 0.273 e. The highest BCUT2D eigenvalue weighted by atomic mass is 35.5. The minimum Gasteiger partial charge on any atom is -0.344 e. The largest absolute Gasteiger partial charge is 0.344 e. The lowest BCUT2D eigenvalue weighted by molar-refractivity contribution is 0.0934. The van der Waals surface area contributed by atoms with E-state index in [2.05, 4.69) is 26.0 Å². The molecular formula is C21H29Cl2N7O. The van der Waals surface area contributed by atoms with Crippen LogP contribution < -0.4 is 10.6 Å². The Bertz CT molecular complexity index is 994. The van der Waals surface area contributed by atoms with E-state index >= 15 is 0 Å². The summed E-state index contributed by atoms with van der Waals surface area (Å²) in [7, 11) is 0. The number of rotatable bonds is 5. The summed E-state index contributed by atoms with van der Waals surface area (Å²) in [6.45, 7) is 7.92. The van der Waals surface area contributed by atoms with Crippen LogP contribution in [-0.4, -0.2) is 43.8 Å². The van der Waals surface area contributed by atoms with Crippen molar-refractivity contribution >= 4 is 30.7 Å². The number of nitrogens with one attached hydrogen (secondary N) is 2. The molecule has 0 spiro atoms. The monoisotopic (exact) mass is 465 g/mol. The summed E-state index contributed by atoms with van der Waals surface area (Å²) >= 11 is 0. The van der Waals surface area contributed by atoms with Gasteiger partial charge in [0.25, 0.3) is 5.91 Å². The molecule has 8 nitrogen and oxygen atoms in total. The zero-order valence-corrected chi connectivity index (χ0v) is 19.5. The van der Waals surface area contributed by atoms with Gasteiger partial charge in [0.2, 0.25) is 0 Å². The lowest BCUT2D eigenvalue weighted by Crippen LogP contribution is -2.29. The molecular weight excluding hydrogens is 437 g/mol. The van der Waals surface area contributed by atoms with Crippen molar-refractivity contribution in [2.75, 3.05) is 13.1 Å². The number of nitrogens with zero attached hydrogens (tertiary/aromatic N) is 5. The Morgan fingerprint density at radius 3 is 2.45 bits per heavy atom. The molecule has 2 aromatic heterocycles. The molecule has 1 amide bonds. The first kappa shape index (κ1) is 24.8. The second kappa shape index (κ2) is 10.7. The number of aryl methyl sites for hydroxylation is 2. The Hall–Kier alpha value is -2.42. The summed E-state index contributed by atoms with van der Waals surface area (Å²) in [6.07, 6.45) is 3.76. The van der Waals surface area contributed by atoms with Gasteiger partial charge in [-0.3, -0.25) is 4.79 Å². The Balaban J connectivity index is 0.00000171. The van der Waals surface area contributed by atoms with E-state index in [0.717, 1.165) is 48.6 Å².